The number of rotatable bonds is 10. The molecule has 0 saturated carbocycles. The molecule has 0 bridgehead atoms. The minimum absolute atomic E-state index is 0.0490. The van der Waals surface area contributed by atoms with E-state index in [1.54, 1.807) is 20.4 Å². The van der Waals surface area contributed by atoms with Crippen LogP contribution in [0.2, 0.25) is 0 Å². The first-order valence-electron chi connectivity index (χ1n) is 9.22. The van der Waals surface area contributed by atoms with Gasteiger partial charge < -0.3 is 20.1 Å². The van der Waals surface area contributed by atoms with Gasteiger partial charge in [-0.1, -0.05) is 19.9 Å². The maximum atomic E-state index is 12.2. The van der Waals surface area contributed by atoms with Crippen LogP contribution in [0.4, 0.5) is 11.5 Å². The van der Waals surface area contributed by atoms with Gasteiger partial charge in [0.1, 0.15) is 5.82 Å². The lowest BCUT2D eigenvalue weighted by Gasteiger charge is -2.10. The van der Waals surface area contributed by atoms with Crippen LogP contribution in [-0.4, -0.2) is 31.7 Å². The van der Waals surface area contributed by atoms with Crippen LogP contribution >= 0.6 is 0 Å². The number of benzene rings is 1. The molecule has 0 radical (unpaired) electrons. The summed E-state index contributed by atoms with van der Waals surface area (Å²) in [5.41, 5.74) is 1.72. The number of aryl methyl sites for hydroxylation is 1. The molecular formula is C21H29N3O3. The zero-order chi connectivity index (χ0) is 19.6. The molecule has 2 N–H and O–H groups in total. The van der Waals surface area contributed by atoms with Crippen LogP contribution in [0, 0.1) is 5.92 Å². The molecule has 0 aliphatic heterocycles. The third-order valence-corrected chi connectivity index (χ3v) is 4.16. The Hall–Kier alpha value is -2.76. The molecule has 2 rings (SSSR count). The zero-order valence-electron chi connectivity index (χ0n) is 16.5. The molecule has 0 aliphatic carbocycles. The number of carbonyl (C=O) groups excluding carboxylic acids is 1. The average Bonchev–Trinajstić information content (AvgIpc) is 2.67. The number of methoxy groups -OCH3 is 2. The van der Waals surface area contributed by atoms with E-state index in [0.717, 1.165) is 24.3 Å². The van der Waals surface area contributed by atoms with Crippen molar-refractivity contribution in [2.45, 2.75) is 33.1 Å². The van der Waals surface area contributed by atoms with Crippen molar-refractivity contribution in [1.82, 2.24) is 4.98 Å². The molecule has 0 saturated heterocycles. The Morgan fingerprint density at radius 3 is 2.52 bits per heavy atom. The Morgan fingerprint density at radius 2 is 1.89 bits per heavy atom. The van der Waals surface area contributed by atoms with Crippen molar-refractivity contribution < 1.29 is 14.3 Å². The van der Waals surface area contributed by atoms with Crippen LogP contribution < -0.4 is 20.1 Å². The Kier molecular flexibility index (Phi) is 7.92. The van der Waals surface area contributed by atoms with Crippen molar-refractivity contribution in [1.29, 1.82) is 0 Å². The molecule has 146 valence electrons. The van der Waals surface area contributed by atoms with Gasteiger partial charge in [-0.15, -0.1) is 0 Å². The number of nitrogens with zero attached hydrogens (tertiary/aromatic N) is 1. The number of hydrogen-bond donors (Lipinski definition) is 2. The minimum atomic E-state index is -0.0490. The molecule has 6 nitrogen and oxygen atoms in total. The van der Waals surface area contributed by atoms with E-state index >= 15 is 0 Å². The standard InChI is InChI=1S/C21H29N3O3/c1-15(2)11-12-22-20-9-7-17(14-23-20)24-21(25)10-6-16-5-8-18(26-3)19(13-16)27-4/h5,7-9,13-15H,6,10-12H2,1-4H3,(H,22,23)(H,24,25). The van der Waals surface area contributed by atoms with Crippen LogP contribution in [-0.2, 0) is 11.2 Å². The largest absolute Gasteiger partial charge is 0.493 e. The molecule has 0 atom stereocenters. The summed E-state index contributed by atoms with van der Waals surface area (Å²) in [6.45, 7) is 5.27. The predicted molar refractivity (Wildman–Crippen MR) is 109 cm³/mol. The van der Waals surface area contributed by atoms with Gasteiger partial charge in [-0.2, -0.15) is 0 Å². The Bertz CT molecular complexity index is 730. The van der Waals surface area contributed by atoms with E-state index in [1.165, 1.54) is 0 Å². The van der Waals surface area contributed by atoms with Gasteiger partial charge in [0.05, 0.1) is 26.1 Å². The third kappa shape index (κ3) is 6.81. The van der Waals surface area contributed by atoms with E-state index < -0.39 is 0 Å². The van der Waals surface area contributed by atoms with Crippen molar-refractivity contribution in [3.63, 3.8) is 0 Å². The Labute approximate surface area is 161 Å². The molecule has 0 fully saturated rings. The minimum Gasteiger partial charge on any atom is -0.493 e. The quantitative estimate of drug-likeness (QED) is 0.657. The average molecular weight is 371 g/mol. The molecule has 0 aliphatic rings. The topological polar surface area (TPSA) is 72.5 Å². The van der Waals surface area contributed by atoms with Gasteiger partial charge in [-0.3, -0.25) is 4.79 Å². The van der Waals surface area contributed by atoms with Gasteiger partial charge in [0, 0.05) is 13.0 Å². The van der Waals surface area contributed by atoms with Crippen LogP contribution in [0.5, 0.6) is 11.5 Å². The maximum Gasteiger partial charge on any atom is 0.224 e. The summed E-state index contributed by atoms with van der Waals surface area (Å²) in [6.07, 6.45) is 3.76. The number of nitrogens with one attached hydrogen (secondary N) is 2. The molecular weight excluding hydrogens is 342 g/mol. The Morgan fingerprint density at radius 1 is 1.11 bits per heavy atom. The monoisotopic (exact) mass is 371 g/mol. The molecule has 6 heteroatoms. The SMILES string of the molecule is COc1ccc(CCC(=O)Nc2ccc(NCCC(C)C)nc2)cc1OC. The second-order valence-electron chi connectivity index (χ2n) is 6.78. The zero-order valence-corrected chi connectivity index (χ0v) is 16.5. The summed E-state index contributed by atoms with van der Waals surface area (Å²) >= 11 is 0. The molecule has 0 unspecified atom stereocenters. The number of carbonyl (C=O) groups is 1. The first-order chi connectivity index (χ1) is 13.0. The summed E-state index contributed by atoms with van der Waals surface area (Å²) in [7, 11) is 3.20. The van der Waals surface area contributed by atoms with Gasteiger partial charge in [0.15, 0.2) is 11.5 Å². The molecule has 1 amide bonds. The molecule has 1 aromatic heterocycles. The van der Waals surface area contributed by atoms with E-state index in [2.05, 4.69) is 29.5 Å². The summed E-state index contributed by atoms with van der Waals surface area (Å²) in [5.74, 6) is 2.77. The second-order valence-corrected chi connectivity index (χ2v) is 6.78. The summed E-state index contributed by atoms with van der Waals surface area (Å²) in [4.78, 5) is 16.5. The van der Waals surface area contributed by atoms with Crippen molar-refractivity contribution in [3.05, 3.63) is 42.1 Å². The van der Waals surface area contributed by atoms with Crippen molar-refractivity contribution in [3.8, 4) is 11.5 Å². The van der Waals surface area contributed by atoms with Crippen LogP contribution in [0.15, 0.2) is 36.5 Å². The molecule has 1 aromatic carbocycles. The van der Waals surface area contributed by atoms with Crippen LogP contribution in [0.3, 0.4) is 0 Å². The van der Waals surface area contributed by atoms with E-state index in [9.17, 15) is 4.79 Å². The number of hydrogen-bond acceptors (Lipinski definition) is 5. The number of anilines is 2. The summed E-state index contributed by atoms with van der Waals surface area (Å²) < 4.78 is 10.5. The summed E-state index contributed by atoms with van der Waals surface area (Å²) in [5, 5.41) is 6.16. The molecule has 2 aromatic rings. The van der Waals surface area contributed by atoms with Gasteiger partial charge in [0.2, 0.25) is 5.91 Å². The van der Waals surface area contributed by atoms with E-state index in [4.69, 9.17) is 9.47 Å². The fourth-order valence-electron chi connectivity index (χ4n) is 2.58. The number of aromatic nitrogens is 1. The highest BCUT2D eigenvalue weighted by Gasteiger charge is 2.08. The van der Waals surface area contributed by atoms with Crippen LogP contribution in [0.1, 0.15) is 32.3 Å². The second kappa shape index (κ2) is 10.4. The van der Waals surface area contributed by atoms with E-state index in [-0.39, 0.29) is 5.91 Å². The number of amides is 1. The van der Waals surface area contributed by atoms with Gasteiger partial charge in [-0.25, -0.2) is 4.98 Å². The van der Waals surface area contributed by atoms with Crippen molar-refractivity contribution in [2.75, 3.05) is 31.4 Å². The van der Waals surface area contributed by atoms with Gasteiger partial charge in [0.25, 0.3) is 0 Å². The lowest BCUT2D eigenvalue weighted by Crippen LogP contribution is -2.13. The number of ether oxygens (including phenoxy) is 2. The molecule has 27 heavy (non-hydrogen) atoms. The lowest BCUT2D eigenvalue weighted by molar-refractivity contribution is -0.116. The van der Waals surface area contributed by atoms with E-state index in [1.807, 2.05) is 30.3 Å². The molecule has 0 spiro atoms. The first kappa shape index (κ1) is 20.6. The van der Waals surface area contributed by atoms with Crippen LogP contribution in [0.25, 0.3) is 0 Å². The van der Waals surface area contributed by atoms with Crippen molar-refractivity contribution in [2.24, 2.45) is 5.92 Å². The first-order valence-corrected chi connectivity index (χ1v) is 9.22. The highest BCUT2D eigenvalue weighted by Crippen LogP contribution is 2.28. The fourth-order valence-corrected chi connectivity index (χ4v) is 2.58. The maximum absolute atomic E-state index is 12.2. The Balaban J connectivity index is 1.81. The highest BCUT2D eigenvalue weighted by molar-refractivity contribution is 5.90. The van der Waals surface area contributed by atoms with E-state index in [0.29, 0.717) is 35.9 Å². The highest BCUT2D eigenvalue weighted by atomic mass is 16.5. The van der Waals surface area contributed by atoms with Gasteiger partial charge in [-0.05, 0) is 48.6 Å². The van der Waals surface area contributed by atoms with Gasteiger partial charge >= 0.3 is 0 Å². The number of pyridine rings is 1. The lowest BCUT2D eigenvalue weighted by atomic mass is 10.1. The summed E-state index contributed by atoms with van der Waals surface area (Å²) in [6, 6.07) is 9.42. The smallest absolute Gasteiger partial charge is 0.224 e. The fraction of sp³-hybridized carbons (Fsp3) is 0.429. The van der Waals surface area contributed by atoms with Crippen molar-refractivity contribution >= 4 is 17.4 Å². The molecule has 1 heterocycles. The third-order valence-electron chi connectivity index (χ3n) is 4.16. The predicted octanol–water partition coefficient (Wildman–Crippen LogP) is 4.13. The normalized spacial score (nSPS) is 10.6.